The van der Waals surface area contributed by atoms with E-state index < -0.39 is 11.9 Å². The van der Waals surface area contributed by atoms with E-state index >= 15 is 0 Å². The van der Waals surface area contributed by atoms with Crippen molar-refractivity contribution in [2.75, 3.05) is 20.6 Å². The molecular weight excluding hydrogens is 266 g/mol. The van der Waals surface area contributed by atoms with Crippen LogP contribution >= 0.6 is 11.3 Å². The Bertz CT molecular complexity index is 461. The Morgan fingerprint density at radius 1 is 1.42 bits per heavy atom. The standard InChI is InChI=1S/C12H19N3O3S/c1-8(11(16)17)5-14(3)12(18)15(4)6-10-7-19-9(2)13-10/h7-8H,5-6H2,1-4H3,(H,16,17). The molecule has 0 aliphatic heterocycles. The van der Waals surface area contributed by atoms with E-state index in [4.69, 9.17) is 5.11 Å². The van der Waals surface area contributed by atoms with Crippen LogP contribution < -0.4 is 0 Å². The van der Waals surface area contributed by atoms with E-state index in [0.717, 1.165) is 10.7 Å². The fraction of sp³-hybridized carbons (Fsp3) is 0.583. The molecular formula is C12H19N3O3S. The van der Waals surface area contributed by atoms with Crippen molar-refractivity contribution >= 4 is 23.3 Å². The van der Waals surface area contributed by atoms with Crippen LogP contribution in [0.4, 0.5) is 4.79 Å². The summed E-state index contributed by atoms with van der Waals surface area (Å²) in [6, 6.07) is -0.209. The number of aryl methyl sites for hydroxylation is 1. The molecule has 0 radical (unpaired) electrons. The van der Waals surface area contributed by atoms with Gasteiger partial charge in [-0.2, -0.15) is 0 Å². The number of hydrogen-bond donors (Lipinski definition) is 1. The number of nitrogens with zero attached hydrogens (tertiary/aromatic N) is 3. The lowest BCUT2D eigenvalue weighted by atomic mass is 10.2. The zero-order chi connectivity index (χ0) is 14.6. The maximum atomic E-state index is 12.0. The molecule has 7 heteroatoms. The van der Waals surface area contributed by atoms with Gasteiger partial charge in [0, 0.05) is 26.0 Å². The quantitative estimate of drug-likeness (QED) is 0.893. The van der Waals surface area contributed by atoms with E-state index in [0.29, 0.717) is 6.54 Å². The number of rotatable bonds is 5. The predicted molar refractivity (Wildman–Crippen MR) is 73.1 cm³/mol. The fourth-order valence-electron chi connectivity index (χ4n) is 1.65. The highest BCUT2D eigenvalue weighted by Crippen LogP contribution is 2.11. The first kappa shape index (κ1) is 15.4. The van der Waals surface area contributed by atoms with Crippen molar-refractivity contribution in [1.29, 1.82) is 0 Å². The third kappa shape index (κ3) is 4.51. The number of aromatic nitrogens is 1. The molecule has 0 aliphatic rings. The number of carbonyl (C=O) groups excluding carboxylic acids is 1. The summed E-state index contributed by atoms with van der Waals surface area (Å²) < 4.78 is 0. The van der Waals surface area contributed by atoms with Crippen LogP contribution in [-0.2, 0) is 11.3 Å². The van der Waals surface area contributed by atoms with Crippen LogP contribution in [0.2, 0.25) is 0 Å². The molecule has 0 aromatic carbocycles. The largest absolute Gasteiger partial charge is 0.481 e. The van der Waals surface area contributed by atoms with E-state index in [1.807, 2.05) is 12.3 Å². The maximum Gasteiger partial charge on any atom is 0.319 e. The van der Waals surface area contributed by atoms with E-state index in [2.05, 4.69) is 4.98 Å². The van der Waals surface area contributed by atoms with Gasteiger partial charge in [0.05, 0.1) is 23.2 Å². The van der Waals surface area contributed by atoms with E-state index in [-0.39, 0.29) is 12.6 Å². The van der Waals surface area contributed by atoms with E-state index in [1.54, 1.807) is 32.4 Å². The Morgan fingerprint density at radius 3 is 2.53 bits per heavy atom. The van der Waals surface area contributed by atoms with Gasteiger partial charge in [-0.3, -0.25) is 4.79 Å². The number of thiazole rings is 1. The lowest BCUT2D eigenvalue weighted by Crippen LogP contribution is -2.41. The second-order valence-electron chi connectivity index (χ2n) is 4.62. The number of amides is 2. The molecule has 1 aromatic rings. The fourth-order valence-corrected chi connectivity index (χ4v) is 2.25. The molecule has 0 saturated carbocycles. The first-order chi connectivity index (χ1) is 8.81. The molecule has 1 aromatic heterocycles. The SMILES string of the molecule is Cc1nc(CN(C)C(=O)N(C)CC(C)C(=O)O)cs1. The van der Waals surface area contributed by atoms with Crippen molar-refractivity contribution in [3.63, 3.8) is 0 Å². The van der Waals surface area contributed by atoms with Gasteiger partial charge in [0.1, 0.15) is 0 Å². The molecule has 1 heterocycles. The maximum absolute atomic E-state index is 12.0. The summed E-state index contributed by atoms with van der Waals surface area (Å²) in [5, 5.41) is 11.7. The zero-order valence-electron chi connectivity index (χ0n) is 11.6. The summed E-state index contributed by atoms with van der Waals surface area (Å²) in [7, 11) is 3.28. The minimum Gasteiger partial charge on any atom is -0.481 e. The highest BCUT2D eigenvalue weighted by Gasteiger charge is 2.20. The molecule has 1 rings (SSSR count). The van der Waals surface area contributed by atoms with Crippen LogP contribution in [0.1, 0.15) is 17.6 Å². The average Bonchev–Trinajstić information content (AvgIpc) is 2.73. The average molecular weight is 285 g/mol. The summed E-state index contributed by atoms with van der Waals surface area (Å²) in [5.41, 5.74) is 0.845. The lowest BCUT2D eigenvalue weighted by molar-refractivity contribution is -0.141. The Balaban J connectivity index is 2.54. The Hall–Kier alpha value is -1.63. The zero-order valence-corrected chi connectivity index (χ0v) is 12.4. The third-order valence-electron chi connectivity index (χ3n) is 2.69. The topological polar surface area (TPSA) is 73.7 Å². The number of hydrogen-bond acceptors (Lipinski definition) is 4. The van der Waals surface area contributed by atoms with E-state index in [9.17, 15) is 9.59 Å². The van der Waals surface area contributed by atoms with Crippen LogP contribution in [0.25, 0.3) is 0 Å². The first-order valence-electron chi connectivity index (χ1n) is 5.91. The molecule has 106 valence electrons. The monoisotopic (exact) mass is 285 g/mol. The number of urea groups is 1. The van der Waals surface area contributed by atoms with Crippen molar-refractivity contribution in [2.24, 2.45) is 5.92 Å². The molecule has 0 bridgehead atoms. The summed E-state index contributed by atoms with van der Waals surface area (Å²) in [5.74, 6) is -1.48. The highest BCUT2D eigenvalue weighted by molar-refractivity contribution is 7.09. The van der Waals surface area contributed by atoms with Crippen LogP contribution in [0.15, 0.2) is 5.38 Å². The van der Waals surface area contributed by atoms with Gasteiger partial charge in [-0.25, -0.2) is 9.78 Å². The van der Waals surface area contributed by atoms with Crippen LogP contribution in [0, 0.1) is 12.8 Å². The van der Waals surface area contributed by atoms with Crippen molar-refractivity contribution < 1.29 is 14.7 Å². The minimum atomic E-state index is -0.905. The molecule has 2 amide bonds. The molecule has 0 saturated heterocycles. The second-order valence-corrected chi connectivity index (χ2v) is 5.68. The summed E-state index contributed by atoms with van der Waals surface area (Å²) in [6.07, 6.45) is 0. The Labute approximate surface area is 116 Å². The highest BCUT2D eigenvalue weighted by atomic mass is 32.1. The number of carboxylic acid groups (broad SMARTS) is 1. The molecule has 0 fully saturated rings. The summed E-state index contributed by atoms with van der Waals surface area (Å²) >= 11 is 1.54. The minimum absolute atomic E-state index is 0.189. The van der Waals surface area contributed by atoms with Gasteiger partial charge in [-0.1, -0.05) is 6.92 Å². The van der Waals surface area contributed by atoms with Crippen molar-refractivity contribution in [3.05, 3.63) is 16.1 Å². The second kappa shape index (κ2) is 6.51. The van der Waals surface area contributed by atoms with Gasteiger partial charge < -0.3 is 14.9 Å². The van der Waals surface area contributed by atoms with Gasteiger partial charge in [0.15, 0.2) is 0 Å². The van der Waals surface area contributed by atoms with Gasteiger partial charge in [0.25, 0.3) is 0 Å². The molecule has 19 heavy (non-hydrogen) atoms. The number of carboxylic acids is 1. The van der Waals surface area contributed by atoms with Gasteiger partial charge >= 0.3 is 12.0 Å². The molecule has 0 aliphatic carbocycles. The van der Waals surface area contributed by atoms with Crippen molar-refractivity contribution in [1.82, 2.24) is 14.8 Å². The normalized spacial score (nSPS) is 12.0. The van der Waals surface area contributed by atoms with Gasteiger partial charge in [0.2, 0.25) is 0 Å². The van der Waals surface area contributed by atoms with Crippen molar-refractivity contribution in [2.45, 2.75) is 20.4 Å². The lowest BCUT2D eigenvalue weighted by Gasteiger charge is -2.25. The predicted octanol–water partition coefficient (Wildman–Crippen LogP) is 1.66. The van der Waals surface area contributed by atoms with E-state index in [1.165, 1.54) is 9.80 Å². The number of aliphatic carboxylic acids is 1. The van der Waals surface area contributed by atoms with Crippen LogP contribution in [-0.4, -0.2) is 52.5 Å². The number of carbonyl (C=O) groups is 2. The Kier molecular flexibility index (Phi) is 5.29. The smallest absolute Gasteiger partial charge is 0.319 e. The third-order valence-corrected chi connectivity index (χ3v) is 3.51. The van der Waals surface area contributed by atoms with Gasteiger partial charge in [-0.05, 0) is 6.92 Å². The molecule has 1 atom stereocenters. The summed E-state index contributed by atoms with van der Waals surface area (Å²) in [4.78, 5) is 30.0. The molecule has 0 spiro atoms. The molecule has 1 N–H and O–H groups in total. The van der Waals surface area contributed by atoms with Crippen LogP contribution in [0.3, 0.4) is 0 Å². The molecule has 6 nitrogen and oxygen atoms in total. The first-order valence-corrected chi connectivity index (χ1v) is 6.79. The van der Waals surface area contributed by atoms with Crippen LogP contribution in [0.5, 0.6) is 0 Å². The van der Waals surface area contributed by atoms with Gasteiger partial charge in [-0.15, -0.1) is 11.3 Å². The van der Waals surface area contributed by atoms with Crippen molar-refractivity contribution in [3.8, 4) is 0 Å². The molecule has 1 unspecified atom stereocenters. The Morgan fingerprint density at radius 2 is 2.05 bits per heavy atom. The summed E-state index contributed by atoms with van der Waals surface area (Å²) in [6.45, 7) is 4.11.